The van der Waals surface area contributed by atoms with E-state index in [2.05, 4.69) is 19.2 Å². The Hall–Kier alpha value is -0.570. The van der Waals surface area contributed by atoms with E-state index in [9.17, 15) is 4.79 Å². The van der Waals surface area contributed by atoms with Crippen molar-refractivity contribution in [1.29, 1.82) is 0 Å². The number of hydrogen-bond acceptors (Lipinski definition) is 2. The van der Waals surface area contributed by atoms with E-state index < -0.39 is 0 Å². The second kappa shape index (κ2) is 5.17. The Bertz CT molecular complexity index is 250. The van der Waals surface area contributed by atoms with Crippen molar-refractivity contribution in [2.45, 2.75) is 58.0 Å². The van der Waals surface area contributed by atoms with Gasteiger partial charge in [0.25, 0.3) is 0 Å². The van der Waals surface area contributed by atoms with Gasteiger partial charge in [-0.15, -0.1) is 0 Å². The van der Waals surface area contributed by atoms with Gasteiger partial charge in [-0.25, -0.2) is 0 Å². The molecule has 1 aliphatic heterocycles. The molecule has 0 aromatic rings. The van der Waals surface area contributed by atoms with Gasteiger partial charge in [0.1, 0.15) is 0 Å². The van der Waals surface area contributed by atoms with Gasteiger partial charge < -0.3 is 10.2 Å². The molecule has 2 rings (SSSR count). The standard InChI is InChI=1S/C13H24N2O/c1-3-12(11-6-7-11)14-10(2)9-15-8-4-5-13(15)16/h10-12,14H,3-9H2,1-2H3. The first kappa shape index (κ1) is 11.9. The van der Waals surface area contributed by atoms with Crippen LogP contribution in [0.25, 0.3) is 0 Å². The Kier molecular flexibility index (Phi) is 3.85. The normalized spacial score (nSPS) is 24.9. The van der Waals surface area contributed by atoms with E-state index in [0.29, 0.717) is 18.0 Å². The molecule has 1 saturated carbocycles. The first-order valence-corrected chi connectivity index (χ1v) is 6.74. The molecular weight excluding hydrogens is 200 g/mol. The molecule has 92 valence electrons. The highest BCUT2D eigenvalue weighted by atomic mass is 16.2. The fourth-order valence-electron chi connectivity index (χ4n) is 2.73. The lowest BCUT2D eigenvalue weighted by Crippen LogP contribution is -2.44. The minimum atomic E-state index is 0.341. The van der Waals surface area contributed by atoms with Gasteiger partial charge in [0.15, 0.2) is 0 Å². The number of amides is 1. The van der Waals surface area contributed by atoms with E-state index in [-0.39, 0.29) is 0 Å². The Balaban J connectivity index is 1.74. The molecule has 1 amide bonds. The van der Waals surface area contributed by atoms with Gasteiger partial charge in [0.2, 0.25) is 5.91 Å². The zero-order chi connectivity index (χ0) is 11.5. The quantitative estimate of drug-likeness (QED) is 0.746. The van der Waals surface area contributed by atoms with Crippen molar-refractivity contribution in [3.05, 3.63) is 0 Å². The number of nitrogens with one attached hydrogen (secondary N) is 1. The monoisotopic (exact) mass is 224 g/mol. The van der Waals surface area contributed by atoms with Gasteiger partial charge in [-0.3, -0.25) is 4.79 Å². The SMILES string of the molecule is CCC(NC(C)CN1CCCC1=O)C1CC1. The van der Waals surface area contributed by atoms with E-state index in [1.165, 1.54) is 19.3 Å². The molecule has 1 aliphatic carbocycles. The number of carbonyl (C=O) groups excluding carboxylic acids is 1. The average molecular weight is 224 g/mol. The summed E-state index contributed by atoms with van der Waals surface area (Å²) in [5.74, 6) is 1.25. The van der Waals surface area contributed by atoms with Gasteiger partial charge in [0, 0.05) is 31.6 Å². The maximum Gasteiger partial charge on any atom is 0.222 e. The van der Waals surface area contributed by atoms with Crippen molar-refractivity contribution in [3.8, 4) is 0 Å². The first-order valence-electron chi connectivity index (χ1n) is 6.74. The van der Waals surface area contributed by atoms with Crippen LogP contribution in [0.15, 0.2) is 0 Å². The maximum absolute atomic E-state index is 11.5. The summed E-state index contributed by atoms with van der Waals surface area (Å²) in [5.41, 5.74) is 0. The van der Waals surface area contributed by atoms with Crippen molar-refractivity contribution >= 4 is 5.91 Å². The van der Waals surface area contributed by atoms with Crippen molar-refractivity contribution in [1.82, 2.24) is 10.2 Å². The highest BCUT2D eigenvalue weighted by Gasteiger charge is 2.31. The Morgan fingerprint density at radius 3 is 2.75 bits per heavy atom. The molecule has 2 atom stereocenters. The van der Waals surface area contributed by atoms with Crippen LogP contribution in [0.5, 0.6) is 0 Å². The Morgan fingerprint density at radius 2 is 2.25 bits per heavy atom. The molecule has 1 heterocycles. The molecule has 0 aromatic heterocycles. The van der Waals surface area contributed by atoms with Gasteiger partial charge in [-0.2, -0.15) is 0 Å². The number of rotatable bonds is 6. The van der Waals surface area contributed by atoms with Crippen LogP contribution in [-0.2, 0) is 4.79 Å². The van der Waals surface area contributed by atoms with Crippen molar-refractivity contribution in [3.63, 3.8) is 0 Å². The molecule has 1 saturated heterocycles. The second-order valence-electron chi connectivity index (χ2n) is 5.36. The number of hydrogen-bond donors (Lipinski definition) is 1. The lowest BCUT2D eigenvalue weighted by molar-refractivity contribution is -0.128. The molecule has 0 spiro atoms. The summed E-state index contributed by atoms with van der Waals surface area (Å²) >= 11 is 0. The molecule has 0 bridgehead atoms. The number of carbonyl (C=O) groups is 1. The summed E-state index contributed by atoms with van der Waals surface area (Å²) in [4.78, 5) is 13.5. The summed E-state index contributed by atoms with van der Waals surface area (Å²) < 4.78 is 0. The van der Waals surface area contributed by atoms with Crippen molar-refractivity contribution < 1.29 is 4.79 Å². The minimum absolute atomic E-state index is 0.341. The van der Waals surface area contributed by atoms with Gasteiger partial charge >= 0.3 is 0 Å². The molecule has 3 heteroatoms. The van der Waals surface area contributed by atoms with Crippen LogP contribution in [0.1, 0.15) is 46.0 Å². The highest BCUT2D eigenvalue weighted by Crippen LogP contribution is 2.34. The first-order chi connectivity index (χ1) is 7.70. The Labute approximate surface area is 98.6 Å². The molecule has 2 aliphatic rings. The molecule has 2 unspecified atom stereocenters. The lowest BCUT2D eigenvalue weighted by Gasteiger charge is -2.26. The summed E-state index contributed by atoms with van der Waals surface area (Å²) in [6.07, 6.45) is 5.79. The molecular formula is C13H24N2O. The van der Waals surface area contributed by atoms with Crippen LogP contribution >= 0.6 is 0 Å². The highest BCUT2D eigenvalue weighted by molar-refractivity contribution is 5.78. The van der Waals surface area contributed by atoms with Crippen molar-refractivity contribution in [2.24, 2.45) is 5.92 Å². The molecule has 16 heavy (non-hydrogen) atoms. The third-order valence-electron chi connectivity index (χ3n) is 3.80. The maximum atomic E-state index is 11.5. The summed E-state index contributed by atoms with van der Waals surface area (Å²) in [5, 5.41) is 3.68. The summed E-state index contributed by atoms with van der Waals surface area (Å²) in [6.45, 7) is 6.31. The van der Waals surface area contributed by atoms with E-state index in [4.69, 9.17) is 0 Å². The van der Waals surface area contributed by atoms with Crippen LogP contribution < -0.4 is 5.32 Å². The van der Waals surface area contributed by atoms with E-state index in [1.54, 1.807) is 0 Å². The third-order valence-corrected chi connectivity index (χ3v) is 3.80. The lowest BCUT2D eigenvalue weighted by atomic mass is 10.1. The predicted octanol–water partition coefficient (Wildman–Crippen LogP) is 1.78. The van der Waals surface area contributed by atoms with E-state index in [0.717, 1.165) is 31.8 Å². The van der Waals surface area contributed by atoms with Crippen LogP contribution in [-0.4, -0.2) is 36.0 Å². The second-order valence-corrected chi connectivity index (χ2v) is 5.36. The molecule has 0 radical (unpaired) electrons. The Morgan fingerprint density at radius 1 is 1.50 bits per heavy atom. The molecule has 3 nitrogen and oxygen atoms in total. The van der Waals surface area contributed by atoms with Gasteiger partial charge in [-0.05, 0) is 38.5 Å². The number of nitrogens with zero attached hydrogens (tertiary/aromatic N) is 1. The van der Waals surface area contributed by atoms with Crippen LogP contribution in [0.4, 0.5) is 0 Å². The predicted molar refractivity (Wildman–Crippen MR) is 65.2 cm³/mol. The third kappa shape index (κ3) is 2.97. The van der Waals surface area contributed by atoms with E-state index in [1.807, 2.05) is 4.90 Å². The molecule has 1 N–H and O–H groups in total. The molecule has 0 aromatic carbocycles. The minimum Gasteiger partial charge on any atom is -0.341 e. The summed E-state index contributed by atoms with van der Waals surface area (Å²) in [7, 11) is 0. The zero-order valence-electron chi connectivity index (χ0n) is 10.5. The average Bonchev–Trinajstić information content (AvgIpc) is 3.02. The zero-order valence-corrected chi connectivity index (χ0v) is 10.5. The largest absolute Gasteiger partial charge is 0.341 e. The molecule has 2 fully saturated rings. The van der Waals surface area contributed by atoms with Crippen LogP contribution in [0.3, 0.4) is 0 Å². The van der Waals surface area contributed by atoms with Crippen LogP contribution in [0, 0.1) is 5.92 Å². The van der Waals surface area contributed by atoms with Crippen LogP contribution in [0.2, 0.25) is 0 Å². The van der Waals surface area contributed by atoms with Crippen molar-refractivity contribution in [2.75, 3.05) is 13.1 Å². The summed E-state index contributed by atoms with van der Waals surface area (Å²) in [6, 6.07) is 1.11. The smallest absolute Gasteiger partial charge is 0.222 e. The topological polar surface area (TPSA) is 32.3 Å². The number of likely N-dealkylation sites (tertiary alicyclic amines) is 1. The van der Waals surface area contributed by atoms with Gasteiger partial charge in [0.05, 0.1) is 0 Å². The fourth-order valence-corrected chi connectivity index (χ4v) is 2.73. The van der Waals surface area contributed by atoms with Gasteiger partial charge in [-0.1, -0.05) is 6.92 Å². The fraction of sp³-hybridized carbons (Fsp3) is 0.923. The van der Waals surface area contributed by atoms with E-state index >= 15 is 0 Å².